The molecule has 5 heteroatoms. The second kappa shape index (κ2) is 6.37. The zero-order valence-electron chi connectivity index (χ0n) is 9.19. The second-order valence-corrected chi connectivity index (χ2v) is 5.69. The van der Waals surface area contributed by atoms with Crippen molar-refractivity contribution in [2.45, 2.75) is 27.2 Å². The molecule has 0 aromatic rings. The summed E-state index contributed by atoms with van der Waals surface area (Å²) in [6, 6.07) is 0. The number of nitrogens with two attached hydrogens (primary N) is 1. The molecular formula is C9H21NO3S. The predicted octanol–water partition coefficient (Wildman–Crippen LogP) is 0.974. The molecule has 0 spiro atoms. The van der Waals surface area contributed by atoms with Gasteiger partial charge < -0.3 is 4.74 Å². The molecule has 0 fully saturated rings. The molecule has 0 aromatic carbocycles. The van der Waals surface area contributed by atoms with Crippen LogP contribution in [0.1, 0.15) is 27.2 Å². The van der Waals surface area contributed by atoms with E-state index in [0.29, 0.717) is 19.1 Å². The quantitative estimate of drug-likeness (QED) is 0.699. The summed E-state index contributed by atoms with van der Waals surface area (Å²) in [7, 11) is -3.37. The Morgan fingerprint density at radius 1 is 1.29 bits per heavy atom. The molecule has 0 bridgehead atoms. The lowest BCUT2D eigenvalue weighted by Crippen LogP contribution is -2.26. The van der Waals surface area contributed by atoms with Gasteiger partial charge in [0.1, 0.15) is 0 Å². The summed E-state index contributed by atoms with van der Waals surface area (Å²) in [6.07, 6.45) is 0.772. The van der Waals surface area contributed by atoms with Crippen molar-refractivity contribution in [2.24, 2.45) is 17.0 Å². The Morgan fingerprint density at radius 3 is 2.21 bits per heavy atom. The number of hydrogen-bond donors (Lipinski definition) is 1. The predicted molar refractivity (Wildman–Crippen MR) is 57.4 cm³/mol. The van der Waals surface area contributed by atoms with Gasteiger partial charge in [-0.3, -0.25) is 0 Å². The van der Waals surface area contributed by atoms with E-state index in [1.165, 1.54) is 0 Å². The first-order valence-corrected chi connectivity index (χ1v) is 6.65. The number of primary sulfonamides is 1. The number of sulfonamides is 1. The van der Waals surface area contributed by atoms with Crippen LogP contribution in [-0.4, -0.2) is 27.4 Å². The minimum Gasteiger partial charge on any atom is -0.381 e. The molecule has 4 nitrogen and oxygen atoms in total. The van der Waals surface area contributed by atoms with E-state index >= 15 is 0 Å². The van der Waals surface area contributed by atoms with Crippen molar-refractivity contribution in [3.63, 3.8) is 0 Å². The van der Waals surface area contributed by atoms with Crippen LogP contribution in [0.5, 0.6) is 0 Å². The molecule has 1 unspecified atom stereocenters. The van der Waals surface area contributed by atoms with Gasteiger partial charge in [0.25, 0.3) is 0 Å². The third kappa shape index (κ3) is 8.47. The van der Waals surface area contributed by atoms with Crippen molar-refractivity contribution < 1.29 is 13.2 Å². The third-order valence-electron chi connectivity index (χ3n) is 1.85. The van der Waals surface area contributed by atoms with Crippen LogP contribution in [0.2, 0.25) is 0 Å². The minimum absolute atomic E-state index is 0.0155. The van der Waals surface area contributed by atoms with Gasteiger partial charge in [-0.2, -0.15) is 0 Å². The van der Waals surface area contributed by atoms with Crippen LogP contribution < -0.4 is 5.14 Å². The van der Waals surface area contributed by atoms with Crippen molar-refractivity contribution in [3.05, 3.63) is 0 Å². The lowest BCUT2D eigenvalue weighted by atomic mass is 10.1. The molecule has 0 saturated carbocycles. The summed E-state index contributed by atoms with van der Waals surface area (Å²) in [5.41, 5.74) is 0. The van der Waals surface area contributed by atoms with E-state index in [9.17, 15) is 8.42 Å². The zero-order chi connectivity index (χ0) is 11.2. The zero-order valence-corrected chi connectivity index (χ0v) is 10.0. The molecule has 0 radical (unpaired) electrons. The van der Waals surface area contributed by atoms with Gasteiger partial charge in [0.15, 0.2) is 0 Å². The van der Waals surface area contributed by atoms with Crippen LogP contribution in [0.25, 0.3) is 0 Å². The van der Waals surface area contributed by atoms with Gasteiger partial charge in [-0.15, -0.1) is 0 Å². The first-order chi connectivity index (χ1) is 6.35. The molecule has 0 heterocycles. The lowest BCUT2D eigenvalue weighted by molar-refractivity contribution is 0.0839. The highest BCUT2D eigenvalue weighted by Crippen LogP contribution is 2.06. The Balaban J connectivity index is 3.81. The molecule has 86 valence electrons. The second-order valence-electron chi connectivity index (χ2n) is 4.04. The van der Waals surface area contributed by atoms with Crippen molar-refractivity contribution in [1.29, 1.82) is 0 Å². The molecule has 14 heavy (non-hydrogen) atoms. The summed E-state index contributed by atoms with van der Waals surface area (Å²) >= 11 is 0. The van der Waals surface area contributed by atoms with E-state index in [-0.39, 0.29) is 11.7 Å². The van der Waals surface area contributed by atoms with Gasteiger partial charge in [0.05, 0.1) is 12.4 Å². The van der Waals surface area contributed by atoms with Crippen LogP contribution >= 0.6 is 0 Å². The lowest BCUT2D eigenvalue weighted by Gasteiger charge is -2.14. The molecular weight excluding hydrogens is 202 g/mol. The van der Waals surface area contributed by atoms with Gasteiger partial charge in [-0.25, -0.2) is 13.6 Å². The molecule has 0 aliphatic carbocycles. The average molecular weight is 223 g/mol. The molecule has 1 atom stereocenters. The van der Waals surface area contributed by atoms with Crippen LogP contribution in [-0.2, 0) is 14.8 Å². The Labute approximate surface area is 86.9 Å². The Kier molecular flexibility index (Phi) is 6.31. The van der Waals surface area contributed by atoms with E-state index in [0.717, 1.165) is 6.42 Å². The fraction of sp³-hybridized carbons (Fsp3) is 1.00. The van der Waals surface area contributed by atoms with E-state index < -0.39 is 10.0 Å². The summed E-state index contributed by atoms with van der Waals surface area (Å²) in [6.45, 7) is 7.20. The topological polar surface area (TPSA) is 69.4 Å². The SMILES string of the molecule is CCC(COCC(C)C)CS(N)(=O)=O. The van der Waals surface area contributed by atoms with Gasteiger partial charge in [-0.05, 0) is 11.8 Å². The maximum Gasteiger partial charge on any atom is 0.209 e. The van der Waals surface area contributed by atoms with Crippen molar-refractivity contribution in [3.8, 4) is 0 Å². The number of rotatable bonds is 7. The van der Waals surface area contributed by atoms with Crippen molar-refractivity contribution in [2.75, 3.05) is 19.0 Å². The minimum atomic E-state index is -3.37. The van der Waals surface area contributed by atoms with E-state index in [1.54, 1.807) is 0 Å². The van der Waals surface area contributed by atoms with Crippen LogP contribution in [0.15, 0.2) is 0 Å². The molecule has 0 rings (SSSR count). The third-order valence-corrected chi connectivity index (χ3v) is 2.79. The smallest absolute Gasteiger partial charge is 0.209 e. The maximum atomic E-state index is 10.8. The number of hydrogen-bond acceptors (Lipinski definition) is 3. The Morgan fingerprint density at radius 2 is 1.86 bits per heavy atom. The van der Waals surface area contributed by atoms with Crippen molar-refractivity contribution in [1.82, 2.24) is 0 Å². The first kappa shape index (κ1) is 13.9. The van der Waals surface area contributed by atoms with Crippen LogP contribution in [0.3, 0.4) is 0 Å². The van der Waals surface area contributed by atoms with Crippen LogP contribution in [0.4, 0.5) is 0 Å². The molecule has 0 amide bonds. The number of ether oxygens (including phenoxy) is 1. The van der Waals surface area contributed by atoms with E-state index in [2.05, 4.69) is 13.8 Å². The highest BCUT2D eigenvalue weighted by atomic mass is 32.2. The van der Waals surface area contributed by atoms with Crippen LogP contribution in [0, 0.1) is 11.8 Å². The molecule has 2 N–H and O–H groups in total. The molecule has 0 aromatic heterocycles. The van der Waals surface area contributed by atoms with Gasteiger partial charge in [-0.1, -0.05) is 27.2 Å². The average Bonchev–Trinajstić information content (AvgIpc) is 1.99. The fourth-order valence-corrected chi connectivity index (χ4v) is 2.07. The Hall–Kier alpha value is -0.130. The summed E-state index contributed by atoms with van der Waals surface area (Å²) in [4.78, 5) is 0. The molecule has 0 aliphatic heterocycles. The Bertz CT molecular complexity index is 236. The standard InChI is InChI=1S/C9H21NO3S/c1-4-9(7-14(10,11)12)6-13-5-8(2)3/h8-9H,4-7H2,1-3H3,(H2,10,11,12). The monoisotopic (exact) mass is 223 g/mol. The summed E-state index contributed by atoms with van der Waals surface area (Å²) < 4.78 is 27.0. The van der Waals surface area contributed by atoms with Gasteiger partial charge in [0.2, 0.25) is 10.0 Å². The van der Waals surface area contributed by atoms with Gasteiger partial charge in [0, 0.05) is 6.61 Å². The first-order valence-electron chi connectivity index (χ1n) is 4.93. The summed E-state index contributed by atoms with van der Waals surface area (Å²) in [5.74, 6) is 0.507. The molecule has 0 aliphatic rings. The fourth-order valence-electron chi connectivity index (χ4n) is 1.08. The van der Waals surface area contributed by atoms with Gasteiger partial charge >= 0.3 is 0 Å². The molecule has 0 saturated heterocycles. The normalized spacial score (nSPS) is 14.6. The highest BCUT2D eigenvalue weighted by molar-refractivity contribution is 7.89. The maximum absolute atomic E-state index is 10.8. The summed E-state index contributed by atoms with van der Waals surface area (Å²) in [5, 5.41) is 4.96. The largest absolute Gasteiger partial charge is 0.381 e. The van der Waals surface area contributed by atoms with Crippen molar-refractivity contribution >= 4 is 10.0 Å². The van der Waals surface area contributed by atoms with E-state index in [4.69, 9.17) is 9.88 Å². The van der Waals surface area contributed by atoms with E-state index in [1.807, 2.05) is 6.92 Å². The highest BCUT2D eigenvalue weighted by Gasteiger charge is 2.14.